The summed E-state index contributed by atoms with van der Waals surface area (Å²) in [5.41, 5.74) is 4.32. The van der Waals surface area contributed by atoms with Gasteiger partial charge in [0.15, 0.2) is 0 Å². The fourth-order valence-corrected chi connectivity index (χ4v) is 4.18. The zero-order valence-electron chi connectivity index (χ0n) is 16.9. The van der Waals surface area contributed by atoms with Crippen molar-refractivity contribution in [2.45, 2.75) is 19.4 Å². The van der Waals surface area contributed by atoms with Gasteiger partial charge in [0.05, 0.1) is 12.2 Å². The van der Waals surface area contributed by atoms with E-state index < -0.39 is 0 Å². The SMILES string of the molecule is COCCNC(=O)c1cncc(CC2CCN(Cc3cccc4[nH]ccc34)C2)c1. The van der Waals surface area contributed by atoms with Gasteiger partial charge in [-0.15, -0.1) is 0 Å². The first-order valence-electron chi connectivity index (χ1n) is 10.2. The van der Waals surface area contributed by atoms with E-state index in [0.717, 1.165) is 31.6 Å². The number of hydrogen-bond acceptors (Lipinski definition) is 4. The molecule has 1 aromatic carbocycles. The Balaban J connectivity index is 1.34. The molecule has 4 rings (SSSR count). The van der Waals surface area contributed by atoms with Gasteiger partial charge in [0, 0.05) is 56.2 Å². The maximum Gasteiger partial charge on any atom is 0.252 e. The van der Waals surface area contributed by atoms with Gasteiger partial charge >= 0.3 is 0 Å². The Labute approximate surface area is 171 Å². The van der Waals surface area contributed by atoms with Gasteiger partial charge in [0.1, 0.15) is 0 Å². The molecule has 2 aromatic heterocycles. The van der Waals surface area contributed by atoms with E-state index in [1.54, 1.807) is 13.3 Å². The highest BCUT2D eigenvalue weighted by Gasteiger charge is 2.23. The summed E-state index contributed by atoms with van der Waals surface area (Å²) in [6.45, 7) is 4.17. The number of carbonyl (C=O) groups excluding carboxylic acids is 1. The smallest absolute Gasteiger partial charge is 0.252 e. The monoisotopic (exact) mass is 392 g/mol. The average molecular weight is 393 g/mol. The van der Waals surface area contributed by atoms with Crippen LogP contribution in [0.25, 0.3) is 10.9 Å². The summed E-state index contributed by atoms with van der Waals surface area (Å²) >= 11 is 0. The van der Waals surface area contributed by atoms with Crippen molar-refractivity contribution in [3.8, 4) is 0 Å². The standard InChI is InChI=1S/C23H28N4O2/c1-29-10-8-26-23(28)20-12-18(13-24-14-20)11-17-6-9-27(15-17)16-19-3-2-4-22-21(19)5-7-25-22/h2-5,7,12-14,17,25H,6,8-11,15-16H2,1H3,(H,26,28). The van der Waals surface area contributed by atoms with Gasteiger partial charge in [-0.25, -0.2) is 0 Å². The van der Waals surface area contributed by atoms with E-state index in [1.165, 1.54) is 22.9 Å². The van der Waals surface area contributed by atoms with Gasteiger partial charge in [0.25, 0.3) is 5.91 Å². The number of hydrogen-bond donors (Lipinski definition) is 2. The van der Waals surface area contributed by atoms with Crippen molar-refractivity contribution in [3.05, 3.63) is 65.6 Å². The topological polar surface area (TPSA) is 70.2 Å². The molecule has 1 unspecified atom stereocenters. The number of aromatic nitrogens is 2. The van der Waals surface area contributed by atoms with Crippen LogP contribution in [0.3, 0.4) is 0 Å². The van der Waals surface area contributed by atoms with Crippen LogP contribution in [-0.2, 0) is 17.7 Å². The molecular formula is C23H28N4O2. The minimum Gasteiger partial charge on any atom is -0.383 e. The predicted molar refractivity (Wildman–Crippen MR) is 114 cm³/mol. The summed E-state index contributed by atoms with van der Waals surface area (Å²) in [5.74, 6) is 0.498. The van der Waals surface area contributed by atoms with Crippen molar-refractivity contribution in [1.29, 1.82) is 0 Å². The molecule has 1 amide bonds. The van der Waals surface area contributed by atoms with E-state index in [9.17, 15) is 4.79 Å². The maximum absolute atomic E-state index is 12.2. The lowest BCUT2D eigenvalue weighted by molar-refractivity contribution is 0.0936. The highest BCUT2D eigenvalue weighted by Crippen LogP contribution is 2.25. The van der Waals surface area contributed by atoms with Crippen molar-refractivity contribution < 1.29 is 9.53 Å². The zero-order chi connectivity index (χ0) is 20.1. The predicted octanol–water partition coefficient (Wildman–Crippen LogP) is 3.00. The van der Waals surface area contributed by atoms with E-state index in [2.05, 4.69) is 44.5 Å². The van der Waals surface area contributed by atoms with Crippen LogP contribution in [0.5, 0.6) is 0 Å². The van der Waals surface area contributed by atoms with Gasteiger partial charge in [-0.1, -0.05) is 12.1 Å². The van der Waals surface area contributed by atoms with E-state index >= 15 is 0 Å². The molecule has 1 aliphatic heterocycles. The first-order chi connectivity index (χ1) is 14.2. The van der Waals surface area contributed by atoms with Crippen molar-refractivity contribution in [2.75, 3.05) is 33.4 Å². The Morgan fingerprint density at radius 2 is 2.28 bits per heavy atom. The Kier molecular flexibility index (Phi) is 6.22. The Bertz CT molecular complexity index is 968. The number of benzene rings is 1. The molecule has 3 heterocycles. The summed E-state index contributed by atoms with van der Waals surface area (Å²) < 4.78 is 4.98. The van der Waals surface area contributed by atoms with Gasteiger partial charge in [-0.05, 0) is 54.6 Å². The quantitative estimate of drug-likeness (QED) is 0.578. The molecule has 0 bridgehead atoms. The normalized spacial score (nSPS) is 17.1. The van der Waals surface area contributed by atoms with Crippen LogP contribution >= 0.6 is 0 Å². The number of nitrogens with one attached hydrogen (secondary N) is 2. The summed E-state index contributed by atoms with van der Waals surface area (Å²) in [5, 5.41) is 4.17. The van der Waals surface area contributed by atoms with Crippen molar-refractivity contribution >= 4 is 16.8 Å². The lowest BCUT2D eigenvalue weighted by Gasteiger charge is -2.17. The Hall–Kier alpha value is -2.70. The number of fused-ring (bicyclic) bond motifs is 1. The largest absolute Gasteiger partial charge is 0.383 e. The number of amides is 1. The van der Waals surface area contributed by atoms with Crippen LogP contribution < -0.4 is 5.32 Å². The summed E-state index contributed by atoms with van der Waals surface area (Å²) in [4.78, 5) is 22.3. The van der Waals surface area contributed by atoms with Gasteiger partial charge in [-0.3, -0.25) is 14.7 Å². The number of carbonyl (C=O) groups is 1. The summed E-state index contributed by atoms with van der Waals surface area (Å²) in [6, 6.07) is 10.6. The number of methoxy groups -OCH3 is 1. The molecule has 1 aliphatic rings. The molecule has 29 heavy (non-hydrogen) atoms. The summed E-state index contributed by atoms with van der Waals surface area (Å²) in [7, 11) is 1.62. The van der Waals surface area contributed by atoms with Crippen LogP contribution in [0.2, 0.25) is 0 Å². The maximum atomic E-state index is 12.2. The Morgan fingerprint density at radius 1 is 1.34 bits per heavy atom. The van der Waals surface area contributed by atoms with Crippen LogP contribution in [0.1, 0.15) is 27.9 Å². The molecule has 1 fully saturated rings. The number of pyridine rings is 1. The second-order valence-corrected chi connectivity index (χ2v) is 7.78. The molecule has 6 heteroatoms. The second kappa shape index (κ2) is 9.20. The van der Waals surface area contributed by atoms with Crippen LogP contribution in [0.4, 0.5) is 0 Å². The third-order valence-electron chi connectivity index (χ3n) is 5.62. The first kappa shape index (κ1) is 19.6. The number of likely N-dealkylation sites (tertiary alicyclic amines) is 1. The van der Waals surface area contributed by atoms with E-state index in [1.807, 2.05) is 18.5 Å². The van der Waals surface area contributed by atoms with Crippen LogP contribution in [-0.4, -0.2) is 54.1 Å². The van der Waals surface area contributed by atoms with Crippen molar-refractivity contribution in [3.63, 3.8) is 0 Å². The molecule has 3 aromatic rings. The molecule has 152 valence electrons. The Morgan fingerprint density at radius 3 is 3.17 bits per heavy atom. The highest BCUT2D eigenvalue weighted by atomic mass is 16.5. The van der Waals surface area contributed by atoms with Crippen molar-refractivity contribution in [2.24, 2.45) is 5.92 Å². The highest BCUT2D eigenvalue weighted by molar-refractivity contribution is 5.94. The third kappa shape index (κ3) is 4.83. The second-order valence-electron chi connectivity index (χ2n) is 7.78. The van der Waals surface area contributed by atoms with Gasteiger partial charge in [-0.2, -0.15) is 0 Å². The zero-order valence-corrected chi connectivity index (χ0v) is 16.9. The molecule has 0 radical (unpaired) electrons. The van der Waals surface area contributed by atoms with Gasteiger partial charge < -0.3 is 15.0 Å². The average Bonchev–Trinajstić information content (AvgIpc) is 3.38. The molecular weight excluding hydrogens is 364 g/mol. The number of nitrogens with zero attached hydrogens (tertiary/aromatic N) is 2. The third-order valence-corrected chi connectivity index (χ3v) is 5.62. The van der Waals surface area contributed by atoms with Crippen molar-refractivity contribution in [1.82, 2.24) is 20.2 Å². The number of ether oxygens (including phenoxy) is 1. The number of H-pyrrole nitrogens is 1. The van der Waals surface area contributed by atoms with E-state index in [0.29, 0.717) is 24.6 Å². The van der Waals surface area contributed by atoms with E-state index in [-0.39, 0.29) is 5.91 Å². The van der Waals surface area contributed by atoms with Crippen LogP contribution in [0.15, 0.2) is 48.9 Å². The molecule has 0 aliphatic carbocycles. The summed E-state index contributed by atoms with van der Waals surface area (Å²) in [6.07, 6.45) is 7.65. The van der Waals surface area contributed by atoms with Crippen LogP contribution in [0, 0.1) is 5.92 Å². The number of aromatic amines is 1. The minimum atomic E-state index is -0.0935. The number of rotatable bonds is 8. The lowest BCUT2D eigenvalue weighted by Crippen LogP contribution is -2.27. The molecule has 0 saturated carbocycles. The van der Waals surface area contributed by atoms with E-state index in [4.69, 9.17) is 4.74 Å². The van der Waals surface area contributed by atoms with Gasteiger partial charge in [0.2, 0.25) is 0 Å². The minimum absolute atomic E-state index is 0.0935. The molecule has 1 atom stereocenters. The first-order valence-corrected chi connectivity index (χ1v) is 10.2. The molecule has 6 nitrogen and oxygen atoms in total. The molecule has 1 saturated heterocycles. The molecule has 2 N–H and O–H groups in total. The molecule has 0 spiro atoms. The fourth-order valence-electron chi connectivity index (χ4n) is 4.18. The lowest BCUT2D eigenvalue weighted by atomic mass is 9.99. The fraction of sp³-hybridized carbons (Fsp3) is 0.391.